The van der Waals surface area contributed by atoms with Gasteiger partial charge in [-0.05, 0) is 66.9 Å². The minimum Gasteiger partial charge on any atom is -0.457 e. The highest BCUT2D eigenvalue weighted by atomic mass is 79.9. The molecule has 2 saturated heterocycles. The minimum absolute atomic E-state index is 0.204. The Labute approximate surface area is 207 Å². The average Bonchev–Trinajstić information content (AvgIpc) is 2.90. The fraction of sp³-hybridized carbons (Fsp3) is 0.630. The zero-order chi connectivity index (χ0) is 24.3. The van der Waals surface area contributed by atoms with Gasteiger partial charge in [0.2, 0.25) is 5.79 Å². The van der Waals surface area contributed by atoms with Crippen LogP contribution in [0.25, 0.3) is 0 Å². The van der Waals surface area contributed by atoms with E-state index in [0.717, 1.165) is 23.7 Å². The molecule has 4 saturated carbocycles. The smallest absolute Gasteiger partial charge is 0.338 e. The summed E-state index contributed by atoms with van der Waals surface area (Å²) in [7, 11) is 0. The van der Waals surface area contributed by atoms with Gasteiger partial charge in [0.15, 0.2) is 5.78 Å². The zero-order valence-electron chi connectivity index (χ0n) is 19.6. The predicted octanol–water partition coefficient (Wildman–Crippen LogP) is 4.03. The van der Waals surface area contributed by atoms with Crippen LogP contribution >= 0.6 is 15.9 Å². The van der Waals surface area contributed by atoms with E-state index < -0.39 is 40.7 Å². The van der Waals surface area contributed by atoms with Crippen molar-refractivity contribution < 1.29 is 29.3 Å². The van der Waals surface area contributed by atoms with Gasteiger partial charge in [0, 0.05) is 21.7 Å². The van der Waals surface area contributed by atoms with E-state index in [0.29, 0.717) is 30.6 Å². The first-order valence-corrected chi connectivity index (χ1v) is 13.0. The molecule has 0 unspecified atom stereocenters. The second-order valence-corrected chi connectivity index (χ2v) is 12.7. The third kappa shape index (κ3) is 2.47. The average molecular weight is 531 g/mol. The molecule has 0 aromatic heterocycles. The number of hydrogen-bond acceptors (Lipinski definition) is 6. The third-order valence-electron chi connectivity index (χ3n) is 10.0. The molecule has 4 aliphatic carbocycles. The van der Waals surface area contributed by atoms with Crippen LogP contribution in [0.2, 0.25) is 0 Å². The number of carbonyl (C=O) groups is 2. The standard InChI is InChI=1S/C27H31BrO6/c1-14-17-9-10-18-25-12-4-11-24(2,3)19(25)21(30)27(32,33-13-25)26(18,20(14)29)22(17)34-23(31)15-5-7-16(28)8-6-15/h5-8,17-19,21-22,30,32H,1,4,9-13H2,2-3H3/t17-,18-,19+,21-,22+,25+,26-,27+/m0/s1. The van der Waals surface area contributed by atoms with Crippen LogP contribution in [0.4, 0.5) is 0 Å². The molecule has 2 aliphatic heterocycles. The molecule has 6 nitrogen and oxygen atoms in total. The molecule has 2 N–H and O–H groups in total. The van der Waals surface area contributed by atoms with E-state index in [-0.39, 0.29) is 23.0 Å². The van der Waals surface area contributed by atoms with Crippen molar-refractivity contribution in [2.24, 2.45) is 34.0 Å². The molecule has 8 atom stereocenters. The number of halogens is 1. The molecule has 2 spiro atoms. The maximum Gasteiger partial charge on any atom is 0.338 e. The predicted molar refractivity (Wildman–Crippen MR) is 127 cm³/mol. The molecule has 7 rings (SSSR count). The van der Waals surface area contributed by atoms with Crippen LogP contribution in [0.3, 0.4) is 0 Å². The maximum absolute atomic E-state index is 14.0. The number of carbonyl (C=O) groups excluding carboxylic acids is 2. The van der Waals surface area contributed by atoms with Crippen molar-refractivity contribution in [2.45, 2.75) is 63.9 Å². The Hall–Kier alpha value is -1.54. The van der Waals surface area contributed by atoms with Crippen LogP contribution < -0.4 is 0 Å². The monoisotopic (exact) mass is 530 g/mol. The van der Waals surface area contributed by atoms with Gasteiger partial charge in [0.05, 0.1) is 12.2 Å². The Morgan fingerprint density at radius 3 is 2.62 bits per heavy atom. The topological polar surface area (TPSA) is 93.1 Å². The number of esters is 1. The van der Waals surface area contributed by atoms with Crippen molar-refractivity contribution in [1.82, 2.24) is 0 Å². The highest BCUT2D eigenvalue weighted by Gasteiger charge is 2.86. The summed E-state index contributed by atoms with van der Waals surface area (Å²) in [5.74, 6) is -3.84. The van der Waals surface area contributed by atoms with Gasteiger partial charge in [0.1, 0.15) is 17.6 Å². The Balaban J connectivity index is 1.50. The second-order valence-electron chi connectivity index (χ2n) is 11.8. The van der Waals surface area contributed by atoms with Gasteiger partial charge in [-0.3, -0.25) is 4.79 Å². The second kappa shape index (κ2) is 7.02. The lowest BCUT2D eigenvalue weighted by Crippen LogP contribution is -2.83. The van der Waals surface area contributed by atoms with Crippen LogP contribution in [0.1, 0.15) is 56.3 Å². The van der Waals surface area contributed by atoms with Crippen molar-refractivity contribution in [1.29, 1.82) is 0 Å². The summed E-state index contributed by atoms with van der Waals surface area (Å²) < 4.78 is 13.1. The summed E-state index contributed by atoms with van der Waals surface area (Å²) in [4.78, 5) is 27.3. The van der Waals surface area contributed by atoms with Crippen LogP contribution in [-0.4, -0.2) is 46.6 Å². The fourth-order valence-electron chi connectivity index (χ4n) is 8.90. The summed E-state index contributed by atoms with van der Waals surface area (Å²) in [6.07, 6.45) is 1.92. The minimum atomic E-state index is -2.13. The summed E-state index contributed by atoms with van der Waals surface area (Å²) in [5, 5.41) is 23.9. The number of fused-ring (bicyclic) bond motifs is 2. The van der Waals surface area contributed by atoms with Crippen LogP contribution in [-0.2, 0) is 14.3 Å². The number of benzene rings is 1. The Kier molecular flexibility index (Phi) is 4.73. The first-order chi connectivity index (χ1) is 16.0. The Morgan fingerprint density at radius 2 is 1.91 bits per heavy atom. The van der Waals surface area contributed by atoms with Gasteiger partial charge in [-0.1, -0.05) is 42.8 Å². The van der Waals surface area contributed by atoms with Crippen LogP contribution in [0.15, 0.2) is 40.9 Å². The molecule has 7 heteroatoms. The molecule has 0 amide bonds. The maximum atomic E-state index is 14.0. The Morgan fingerprint density at radius 1 is 1.21 bits per heavy atom. The molecule has 4 bridgehead atoms. The molecule has 2 heterocycles. The van der Waals surface area contributed by atoms with Crippen molar-refractivity contribution in [2.75, 3.05) is 6.61 Å². The summed E-state index contributed by atoms with van der Waals surface area (Å²) >= 11 is 3.37. The lowest BCUT2D eigenvalue weighted by Gasteiger charge is -2.73. The van der Waals surface area contributed by atoms with E-state index in [1.165, 1.54) is 0 Å². The van der Waals surface area contributed by atoms with E-state index in [2.05, 4.69) is 36.4 Å². The SMILES string of the molecule is C=C1C(=O)[C@]23[C@H](OC(=O)c4ccc(Br)cc4)[C@H]1CC[C@H]2[C@]12CCCC(C)(C)[C@H]1[C@H](O)[C@@]3(O)OC2. The third-order valence-corrected chi connectivity index (χ3v) is 10.6. The van der Waals surface area contributed by atoms with Crippen LogP contribution in [0, 0.1) is 34.0 Å². The molecule has 1 aromatic carbocycles. The molecule has 34 heavy (non-hydrogen) atoms. The van der Waals surface area contributed by atoms with E-state index in [1.54, 1.807) is 24.3 Å². The molecule has 6 aliphatic rings. The lowest BCUT2D eigenvalue weighted by molar-refractivity contribution is -0.448. The van der Waals surface area contributed by atoms with Crippen molar-refractivity contribution in [3.63, 3.8) is 0 Å². The molecule has 1 aromatic rings. The Bertz CT molecular complexity index is 1100. The summed E-state index contributed by atoms with van der Waals surface area (Å²) in [5.41, 5.74) is -1.48. The van der Waals surface area contributed by atoms with E-state index in [1.807, 2.05) is 0 Å². The van der Waals surface area contributed by atoms with Crippen molar-refractivity contribution >= 4 is 27.7 Å². The summed E-state index contributed by atoms with van der Waals surface area (Å²) in [6.45, 7) is 8.67. The molecule has 6 fully saturated rings. The first-order valence-electron chi connectivity index (χ1n) is 12.3. The van der Waals surface area contributed by atoms with Crippen molar-refractivity contribution in [3.05, 3.63) is 46.5 Å². The number of ether oxygens (including phenoxy) is 2. The zero-order valence-corrected chi connectivity index (χ0v) is 21.1. The van der Waals surface area contributed by atoms with Gasteiger partial charge >= 0.3 is 5.97 Å². The van der Waals surface area contributed by atoms with E-state index in [9.17, 15) is 19.8 Å². The number of hydrogen-bond donors (Lipinski definition) is 2. The van der Waals surface area contributed by atoms with E-state index >= 15 is 0 Å². The van der Waals surface area contributed by atoms with Gasteiger partial charge in [-0.2, -0.15) is 0 Å². The number of Topliss-reactive ketones (excluding diaryl/α,β-unsaturated/α-hetero) is 1. The molecular weight excluding hydrogens is 500 g/mol. The molecule has 0 radical (unpaired) electrons. The summed E-state index contributed by atoms with van der Waals surface area (Å²) in [6, 6.07) is 6.84. The lowest BCUT2D eigenvalue weighted by atomic mass is 9.36. The molecule has 182 valence electrons. The number of rotatable bonds is 2. The highest BCUT2D eigenvalue weighted by Crippen LogP contribution is 2.76. The number of aliphatic hydroxyl groups excluding tert-OH is 1. The highest BCUT2D eigenvalue weighted by molar-refractivity contribution is 9.10. The quantitative estimate of drug-likeness (QED) is 0.442. The van der Waals surface area contributed by atoms with Gasteiger partial charge in [-0.25, -0.2) is 4.79 Å². The van der Waals surface area contributed by atoms with Crippen molar-refractivity contribution in [3.8, 4) is 0 Å². The first kappa shape index (κ1) is 22.9. The van der Waals surface area contributed by atoms with Crippen LogP contribution in [0.5, 0.6) is 0 Å². The van der Waals surface area contributed by atoms with E-state index in [4.69, 9.17) is 9.47 Å². The van der Waals surface area contributed by atoms with Gasteiger partial charge in [0.25, 0.3) is 0 Å². The largest absolute Gasteiger partial charge is 0.457 e. The normalized spacial score (nSPS) is 46.1. The van der Waals surface area contributed by atoms with Gasteiger partial charge in [-0.15, -0.1) is 0 Å². The number of ketones is 1. The van der Waals surface area contributed by atoms with Gasteiger partial charge < -0.3 is 19.7 Å². The molecular formula is C27H31BrO6. The fourth-order valence-corrected chi connectivity index (χ4v) is 9.16. The number of aliphatic hydroxyl groups is 2.